The van der Waals surface area contributed by atoms with Gasteiger partial charge in [0.25, 0.3) is 5.22 Å². The van der Waals surface area contributed by atoms with Gasteiger partial charge in [0.1, 0.15) is 11.7 Å². The first kappa shape index (κ1) is 43.2. The van der Waals surface area contributed by atoms with Gasteiger partial charge in [-0.1, -0.05) is 176 Å². The second-order valence-corrected chi connectivity index (χ2v) is 16.4. The molecule has 11 heteroatoms. The van der Waals surface area contributed by atoms with Gasteiger partial charge in [0.05, 0.1) is 25.9 Å². The van der Waals surface area contributed by atoms with Gasteiger partial charge in [-0.3, -0.25) is 0 Å². The smallest absolute Gasteiger partial charge is 0.328 e. The zero-order chi connectivity index (χ0) is 43.5. The summed E-state index contributed by atoms with van der Waals surface area (Å²) in [6.45, 7) is 2.36. The summed E-state index contributed by atoms with van der Waals surface area (Å²) in [5.74, 6) is 0.753. The van der Waals surface area contributed by atoms with Crippen molar-refractivity contribution in [3.8, 4) is 33.7 Å². The van der Waals surface area contributed by atoms with Crippen molar-refractivity contribution >= 4 is 23.8 Å². The fourth-order valence-corrected chi connectivity index (χ4v) is 8.66. The van der Waals surface area contributed by atoms with E-state index in [-0.39, 0.29) is 31.3 Å². The third-order valence-corrected chi connectivity index (χ3v) is 12.1. The van der Waals surface area contributed by atoms with Gasteiger partial charge in [-0.15, -0.1) is 0 Å². The summed E-state index contributed by atoms with van der Waals surface area (Å²) in [7, 11) is 1.31. The quantitative estimate of drug-likeness (QED) is 0.0681. The molecule has 1 saturated heterocycles. The molecule has 7 aromatic rings. The normalized spacial score (nSPS) is 17.7. The first-order valence-electron chi connectivity index (χ1n) is 21.0. The van der Waals surface area contributed by atoms with Crippen LogP contribution >= 0.6 is 11.8 Å². The summed E-state index contributed by atoms with van der Waals surface area (Å²) in [6.07, 6.45) is -0.855. The maximum atomic E-state index is 12.9. The minimum absolute atomic E-state index is 0.0289. The summed E-state index contributed by atoms with van der Waals surface area (Å²) in [5.41, 5.74) is 9.20. The zero-order valence-electron chi connectivity index (χ0n) is 35.1. The van der Waals surface area contributed by atoms with E-state index >= 15 is 0 Å². The number of benzene rings is 6. The molecule has 1 fully saturated rings. The molecule has 0 spiro atoms. The van der Waals surface area contributed by atoms with E-state index in [0.29, 0.717) is 17.4 Å². The van der Waals surface area contributed by atoms with Crippen molar-refractivity contribution in [2.45, 2.75) is 56.3 Å². The SMILES string of the molecule is COC(=O)[C@H](Cc1ccccc1)NC(=O)NCc1cccc(-c2ccc([C@@H]3O[C@H](CSc4nc(-c5ccccc5)c(-c5ccccc5)o4)[C@H](C)[C@H](c4ccc(CO)cc4)O3)cc2)c1. The molecule has 8 rings (SSSR count). The molecule has 2 amide bonds. The molecule has 3 N–H and O–H groups in total. The third kappa shape index (κ3) is 10.8. The van der Waals surface area contributed by atoms with E-state index in [0.717, 1.165) is 61.5 Å². The van der Waals surface area contributed by atoms with E-state index in [1.807, 2.05) is 164 Å². The number of carbonyl (C=O) groups excluding carboxylic acids is 2. The Hall–Kier alpha value is -6.50. The number of hydrogen-bond acceptors (Lipinski definition) is 9. The van der Waals surface area contributed by atoms with E-state index in [9.17, 15) is 14.7 Å². The van der Waals surface area contributed by atoms with Gasteiger partial charge in [0, 0.05) is 41.3 Å². The lowest BCUT2D eigenvalue weighted by Crippen LogP contribution is -2.47. The van der Waals surface area contributed by atoms with Crippen LogP contribution in [-0.4, -0.2) is 47.1 Å². The lowest BCUT2D eigenvalue weighted by atomic mass is 9.91. The molecular weight excluding hydrogens is 811 g/mol. The molecule has 2 heterocycles. The predicted molar refractivity (Wildman–Crippen MR) is 244 cm³/mol. The van der Waals surface area contributed by atoms with Crippen LogP contribution in [0.25, 0.3) is 33.7 Å². The second kappa shape index (κ2) is 20.6. The highest BCUT2D eigenvalue weighted by Crippen LogP contribution is 2.44. The number of esters is 1. The van der Waals surface area contributed by atoms with Crippen LogP contribution in [0.3, 0.4) is 0 Å². The molecule has 0 unspecified atom stereocenters. The van der Waals surface area contributed by atoms with Crippen molar-refractivity contribution in [3.05, 3.63) is 192 Å². The lowest BCUT2D eigenvalue weighted by molar-refractivity contribution is -0.268. The highest BCUT2D eigenvalue weighted by molar-refractivity contribution is 7.99. The van der Waals surface area contributed by atoms with Gasteiger partial charge >= 0.3 is 12.0 Å². The number of nitrogens with zero attached hydrogens (tertiary/aromatic N) is 1. The van der Waals surface area contributed by atoms with Gasteiger partial charge < -0.3 is 34.4 Å². The molecule has 0 saturated carbocycles. The van der Waals surface area contributed by atoms with Crippen molar-refractivity contribution in [1.29, 1.82) is 0 Å². The molecule has 1 aromatic heterocycles. The minimum Gasteiger partial charge on any atom is -0.467 e. The Balaban J connectivity index is 0.967. The van der Waals surface area contributed by atoms with Crippen molar-refractivity contribution in [2.24, 2.45) is 5.92 Å². The highest BCUT2D eigenvalue weighted by Gasteiger charge is 2.39. The van der Waals surface area contributed by atoms with Crippen LogP contribution in [0.1, 0.15) is 47.1 Å². The number of aliphatic hydroxyl groups excluding tert-OH is 1. The number of nitrogens with one attached hydrogen (secondary N) is 2. The molecule has 6 aromatic carbocycles. The van der Waals surface area contributed by atoms with Gasteiger partial charge in [-0.05, 0) is 39.4 Å². The number of urea groups is 1. The van der Waals surface area contributed by atoms with Gasteiger partial charge in [-0.25, -0.2) is 14.6 Å². The lowest BCUT2D eigenvalue weighted by Gasteiger charge is -2.41. The Bertz CT molecular complexity index is 2510. The number of aromatic nitrogens is 1. The minimum atomic E-state index is -0.826. The number of thioether (sulfide) groups is 1. The number of aliphatic hydroxyl groups is 1. The Morgan fingerprint density at radius 1 is 0.714 bits per heavy atom. The number of amides is 2. The average Bonchev–Trinajstić information content (AvgIpc) is 3.78. The zero-order valence-corrected chi connectivity index (χ0v) is 35.9. The maximum absolute atomic E-state index is 12.9. The molecule has 0 bridgehead atoms. The fraction of sp³-hybridized carbons (Fsp3) is 0.212. The van der Waals surface area contributed by atoms with Crippen LogP contribution < -0.4 is 10.6 Å². The summed E-state index contributed by atoms with van der Waals surface area (Å²) in [4.78, 5) is 30.4. The fourth-order valence-electron chi connectivity index (χ4n) is 7.67. The van der Waals surface area contributed by atoms with Crippen molar-refractivity contribution in [2.75, 3.05) is 12.9 Å². The largest absolute Gasteiger partial charge is 0.467 e. The van der Waals surface area contributed by atoms with Crippen molar-refractivity contribution in [1.82, 2.24) is 15.6 Å². The Labute approximate surface area is 371 Å². The maximum Gasteiger partial charge on any atom is 0.328 e. The summed E-state index contributed by atoms with van der Waals surface area (Å²) < 4.78 is 25.0. The number of rotatable bonds is 15. The predicted octanol–water partition coefficient (Wildman–Crippen LogP) is 10.3. The second-order valence-electron chi connectivity index (χ2n) is 15.4. The summed E-state index contributed by atoms with van der Waals surface area (Å²) in [5, 5.41) is 15.9. The molecule has 1 aliphatic heterocycles. The summed E-state index contributed by atoms with van der Waals surface area (Å²) >= 11 is 1.53. The topological polar surface area (TPSA) is 132 Å². The molecule has 5 atom stereocenters. The van der Waals surface area contributed by atoms with Crippen LogP contribution in [0.15, 0.2) is 173 Å². The number of hydrogen-bond donors (Lipinski definition) is 3. The van der Waals surface area contributed by atoms with Crippen LogP contribution in [-0.2, 0) is 38.6 Å². The van der Waals surface area contributed by atoms with Crippen molar-refractivity contribution < 1.29 is 33.3 Å². The number of oxazole rings is 1. The number of methoxy groups -OCH3 is 1. The van der Waals surface area contributed by atoms with E-state index in [2.05, 4.69) is 17.6 Å². The van der Waals surface area contributed by atoms with E-state index < -0.39 is 24.3 Å². The molecule has 63 heavy (non-hydrogen) atoms. The first-order chi connectivity index (χ1) is 30.8. The van der Waals surface area contributed by atoms with Crippen LogP contribution in [0, 0.1) is 5.92 Å². The molecule has 1 aliphatic rings. The van der Waals surface area contributed by atoms with Gasteiger partial charge in [-0.2, -0.15) is 0 Å². The Morgan fingerprint density at radius 2 is 1.35 bits per heavy atom. The van der Waals surface area contributed by atoms with E-state index in [1.165, 1.54) is 18.9 Å². The summed E-state index contributed by atoms with van der Waals surface area (Å²) in [6, 6.07) is 52.3. The molecular formula is C52H49N3O7S. The number of ether oxygens (including phenoxy) is 3. The molecule has 320 valence electrons. The standard InChI is InChI=1S/C52H49N3O7S/c1-34-45(33-63-52-55-46(39-16-8-4-9-17-39)48(62-52)40-18-10-5-11-19-40)60-50(61-47(34)41-23-21-36(32-56)22-24-41)42-27-25-38(26-28-42)43-20-12-15-37(29-43)31-53-51(58)54-44(49(57)59-2)30-35-13-6-3-7-14-35/h3-29,34,44-45,47,50,56H,30-33H2,1-2H3,(H2,53,54,58)/t34-,44-,45+,47+,50+/m0/s1. The van der Waals surface area contributed by atoms with E-state index in [1.54, 1.807) is 0 Å². The highest BCUT2D eigenvalue weighted by atomic mass is 32.2. The monoisotopic (exact) mass is 859 g/mol. The average molecular weight is 860 g/mol. The van der Waals surface area contributed by atoms with Crippen LogP contribution in [0.2, 0.25) is 0 Å². The molecule has 0 aliphatic carbocycles. The van der Waals surface area contributed by atoms with Gasteiger partial charge in [0.2, 0.25) is 0 Å². The first-order valence-corrected chi connectivity index (χ1v) is 21.9. The Kier molecular flexibility index (Phi) is 14.1. The van der Waals surface area contributed by atoms with E-state index in [4.69, 9.17) is 23.6 Å². The van der Waals surface area contributed by atoms with Crippen molar-refractivity contribution in [3.63, 3.8) is 0 Å². The molecule has 10 nitrogen and oxygen atoms in total. The number of carbonyl (C=O) groups is 2. The third-order valence-electron chi connectivity index (χ3n) is 11.2. The van der Waals surface area contributed by atoms with Crippen LogP contribution in [0.4, 0.5) is 4.79 Å². The van der Waals surface area contributed by atoms with Crippen LogP contribution in [0.5, 0.6) is 0 Å². The molecule has 0 radical (unpaired) electrons. The Morgan fingerprint density at radius 3 is 2.03 bits per heavy atom. The van der Waals surface area contributed by atoms with Gasteiger partial charge in [0.15, 0.2) is 12.1 Å².